The largest absolute Gasteiger partial charge is 0.382 e. The normalized spacial score (nSPS) is 34.9. The second kappa shape index (κ2) is 3.81. The molecular formula is C14H17BrO2. The third-order valence-electron chi connectivity index (χ3n) is 4.43. The summed E-state index contributed by atoms with van der Waals surface area (Å²) in [6.45, 7) is 1.89. The molecule has 2 bridgehead atoms. The van der Waals surface area contributed by atoms with Gasteiger partial charge in [0.25, 0.3) is 0 Å². The van der Waals surface area contributed by atoms with E-state index in [4.69, 9.17) is 4.74 Å². The summed E-state index contributed by atoms with van der Waals surface area (Å²) in [5.74, 6) is 0. The molecular weight excluding hydrogens is 280 g/mol. The summed E-state index contributed by atoms with van der Waals surface area (Å²) in [7, 11) is 0. The van der Waals surface area contributed by atoms with Crippen molar-refractivity contribution < 1.29 is 9.84 Å². The lowest BCUT2D eigenvalue weighted by atomic mass is 9.73. The minimum absolute atomic E-state index is 0.356. The fourth-order valence-electron chi connectivity index (χ4n) is 3.25. The number of rotatable bonds is 2. The third kappa shape index (κ3) is 1.67. The highest BCUT2D eigenvalue weighted by atomic mass is 79.9. The van der Waals surface area contributed by atoms with Crippen LogP contribution in [0.5, 0.6) is 0 Å². The van der Waals surface area contributed by atoms with E-state index in [1.165, 1.54) is 0 Å². The summed E-state index contributed by atoms with van der Waals surface area (Å²) >= 11 is 3.42. The monoisotopic (exact) mass is 296 g/mol. The first kappa shape index (κ1) is 11.7. The smallest absolute Gasteiger partial charge is 0.116 e. The molecule has 1 aromatic rings. The Labute approximate surface area is 110 Å². The summed E-state index contributed by atoms with van der Waals surface area (Å²) in [5.41, 5.74) is -0.298. The maximum Gasteiger partial charge on any atom is 0.116 e. The molecule has 92 valence electrons. The molecule has 0 spiro atoms. The van der Waals surface area contributed by atoms with E-state index in [2.05, 4.69) is 15.9 Å². The maximum absolute atomic E-state index is 10.9. The molecule has 3 rings (SSSR count). The second-order valence-electron chi connectivity index (χ2n) is 5.39. The quantitative estimate of drug-likeness (QED) is 0.907. The molecule has 2 fully saturated rings. The fourth-order valence-corrected chi connectivity index (χ4v) is 3.52. The van der Waals surface area contributed by atoms with Crippen LogP contribution in [-0.2, 0) is 10.3 Å². The first-order valence-corrected chi connectivity index (χ1v) is 6.99. The molecule has 2 heterocycles. The van der Waals surface area contributed by atoms with E-state index in [9.17, 15) is 5.11 Å². The van der Waals surface area contributed by atoms with Gasteiger partial charge in [0.05, 0.1) is 6.10 Å². The molecule has 1 unspecified atom stereocenters. The molecule has 2 aliphatic heterocycles. The zero-order valence-electron chi connectivity index (χ0n) is 9.95. The van der Waals surface area contributed by atoms with E-state index in [0.29, 0.717) is 6.10 Å². The van der Waals surface area contributed by atoms with E-state index in [0.717, 1.165) is 35.7 Å². The van der Waals surface area contributed by atoms with Gasteiger partial charge in [0.15, 0.2) is 0 Å². The molecule has 0 saturated carbocycles. The van der Waals surface area contributed by atoms with Crippen molar-refractivity contribution in [1.82, 2.24) is 0 Å². The first-order chi connectivity index (χ1) is 8.03. The Kier molecular flexibility index (Phi) is 2.62. The minimum Gasteiger partial charge on any atom is -0.382 e. The summed E-state index contributed by atoms with van der Waals surface area (Å²) in [5, 5.41) is 10.9. The molecule has 3 heteroatoms. The van der Waals surface area contributed by atoms with Crippen molar-refractivity contribution in [3.05, 3.63) is 34.3 Å². The van der Waals surface area contributed by atoms with Gasteiger partial charge in [-0.15, -0.1) is 0 Å². The lowest BCUT2D eigenvalue weighted by Crippen LogP contribution is -2.47. The Bertz CT molecular complexity index is 416. The molecule has 2 saturated heterocycles. The van der Waals surface area contributed by atoms with Gasteiger partial charge in [-0.25, -0.2) is 0 Å². The highest BCUT2D eigenvalue weighted by Crippen LogP contribution is 2.53. The van der Waals surface area contributed by atoms with Gasteiger partial charge < -0.3 is 9.84 Å². The third-order valence-corrected chi connectivity index (χ3v) is 4.95. The summed E-state index contributed by atoms with van der Waals surface area (Å²) in [6.07, 6.45) is 4.50. The Hall–Kier alpha value is -0.380. The lowest BCUT2D eigenvalue weighted by Gasteiger charge is -2.40. The average Bonchev–Trinajstić information content (AvgIpc) is 2.91. The van der Waals surface area contributed by atoms with Crippen LogP contribution in [0.4, 0.5) is 0 Å². The topological polar surface area (TPSA) is 29.5 Å². The molecule has 17 heavy (non-hydrogen) atoms. The predicted molar refractivity (Wildman–Crippen MR) is 69.8 cm³/mol. The maximum atomic E-state index is 10.9. The van der Waals surface area contributed by atoms with Crippen molar-refractivity contribution in [2.75, 3.05) is 0 Å². The summed E-state index contributed by atoms with van der Waals surface area (Å²) in [6, 6.07) is 7.91. The number of hydrogen-bond donors (Lipinski definition) is 1. The minimum atomic E-state index is -0.890. The van der Waals surface area contributed by atoms with Gasteiger partial charge >= 0.3 is 0 Å². The second-order valence-corrected chi connectivity index (χ2v) is 6.31. The molecule has 1 N–H and O–H groups in total. The van der Waals surface area contributed by atoms with Crippen LogP contribution in [0.15, 0.2) is 28.7 Å². The van der Waals surface area contributed by atoms with Crippen LogP contribution in [0, 0.1) is 0 Å². The number of fused-ring (bicyclic) bond motifs is 2. The first-order valence-electron chi connectivity index (χ1n) is 6.20. The standard InChI is InChI=1S/C14H17BrO2/c1-13(16,10-2-4-11(15)5-3-10)14-8-6-12(17-14)7-9-14/h2-5,12,16H,6-9H2,1H3. The van der Waals surface area contributed by atoms with Crippen molar-refractivity contribution in [2.45, 2.75) is 49.9 Å². The van der Waals surface area contributed by atoms with E-state index in [-0.39, 0.29) is 5.60 Å². The molecule has 2 aliphatic rings. The zero-order chi connectivity index (χ0) is 12.1. The number of halogens is 1. The highest BCUT2D eigenvalue weighted by Gasteiger charge is 2.57. The molecule has 0 amide bonds. The van der Waals surface area contributed by atoms with Crippen LogP contribution >= 0.6 is 15.9 Å². The Morgan fingerprint density at radius 3 is 2.35 bits per heavy atom. The molecule has 2 nitrogen and oxygen atoms in total. The molecule has 0 radical (unpaired) electrons. The number of ether oxygens (including phenoxy) is 1. The number of benzene rings is 1. The zero-order valence-corrected chi connectivity index (χ0v) is 11.5. The van der Waals surface area contributed by atoms with Gasteiger partial charge in [-0.3, -0.25) is 0 Å². The summed E-state index contributed by atoms with van der Waals surface area (Å²) in [4.78, 5) is 0. The van der Waals surface area contributed by atoms with Crippen LogP contribution < -0.4 is 0 Å². The van der Waals surface area contributed by atoms with Crippen LogP contribution in [0.25, 0.3) is 0 Å². The van der Waals surface area contributed by atoms with Crippen molar-refractivity contribution >= 4 is 15.9 Å². The molecule has 0 aromatic heterocycles. The molecule has 0 aliphatic carbocycles. The van der Waals surface area contributed by atoms with Crippen molar-refractivity contribution in [2.24, 2.45) is 0 Å². The van der Waals surface area contributed by atoms with Gasteiger partial charge in [-0.1, -0.05) is 28.1 Å². The van der Waals surface area contributed by atoms with Crippen molar-refractivity contribution in [3.63, 3.8) is 0 Å². The van der Waals surface area contributed by atoms with E-state index < -0.39 is 5.60 Å². The van der Waals surface area contributed by atoms with E-state index in [1.807, 2.05) is 31.2 Å². The SMILES string of the molecule is CC(O)(c1ccc(Br)cc1)C12CCC(CC1)O2. The van der Waals surface area contributed by atoms with Crippen molar-refractivity contribution in [1.29, 1.82) is 0 Å². The van der Waals surface area contributed by atoms with Gasteiger partial charge in [0.1, 0.15) is 11.2 Å². The lowest BCUT2D eigenvalue weighted by molar-refractivity contribution is -0.146. The Morgan fingerprint density at radius 1 is 1.29 bits per heavy atom. The van der Waals surface area contributed by atoms with E-state index >= 15 is 0 Å². The Balaban J connectivity index is 1.97. The predicted octanol–water partition coefficient (Wildman–Crippen LogP) is 3.37. The van der Waals surface area contributed by atoms with Gasteiger partial charge in [-0.2, -0.15) is 0 Å². The molecule has 1 aromatic carbocycles. The van der Waals surface area contributed by atoms with Crippen LogP contribution in [-0.4, -0.2) is 16.8 Å². The van der Waals surface area contributed by atoms with Crippen molar-refractivity contribution in [3.8, 4) is 0 Å². The van der Waals surface area contributed by atoms with Gasteiger partial charge in [0.2, 0.25) is 0 Å². The Morgan fingerprint density at radius 2 is 1.88 bits per heavy atom. The van der Waals surface area contributed by atoms with Crippen LogP contribution in [0.1, 0.15) is 38.2 Å². The fraction of sp³-hybridized carbons (Fsp3) is 0.571. The highest BCUT2D eigenvalue weighted by molar-refractivity contribution is 9.10. The van der Waals surface area contributed by atoms with Crippen LogP contribution in [0.3, 0.4) is 0 Å². The average molecular weight is 297 g/mol. The summed E-state index contributed by atoms with van der Waals surface area (Å²) < 4.78 is 7.08. The van der Waals surface area contributed by atoms with Gasteiger partial charge in [-0.05, 0) is 50.3 Å². The number of hydrogen-bond acceptors (Lipinski definition) is 2. The van der Waals surface area contributed by atoms with E-state index in [1.54, 1.807) is 0 Å². The molecule has 1 atom stereocenters. The van der Waals surface area contributed by atoms with Gasteiger partial charge in [0, 0.05) is 4.47 Å². The number of aliphatic hydroxyl groups is 1. The van der Waals surface area contributed by atoms with Crippen LogP contribution in [0.2, 0.25) is 0 Å².